The molecule has 2 aliphatic heterocycles. The van der Waals surface area contributed by atoms with Crippen molar-refractivity contribution in [2.75, 3.05) is 39.7 Å². The Morgan fingerprint density at radius 3 is 3.00 bits per heavy atom. The second-order valence-corrected chi connectivity index (χ2v) is 5.92. The van der Waals surface area contributed by atoms with E-state index in [1.807, 2.05) is 12.1 Å². The number of fused-ring (bicyclic) bond motifs is 1. The molecule has 20 heavy (non-hydrogen) atoms. The maximum Gasteiger partial charge on any atom is 0.189 e. The Labute approximate surface area is 120 Å². The molecule has 0 bridgehead atoms. The van der Waals surface area contributed by atoms with Gasteiger partial charge in [0.2, 0.25) is 0 Å². The number of nitrogens with zero attached hydrogens (tertiary/aromatic N) is 2. The van der Waals surface area contributed by atoms with Crippen LogP contribution in [0, 0.1) is 0 Å². The lowest BCUT2D eigenvalue weighted by Crippen LogP contribution is -2.31. The first-order valence-electron chi connectivity index (χ1n) is 7.14. The van der Waals surface area contributed by atoms with Crippen LogP contribution in [-0.4, -0.2) is 49.8 Å². The molecule has 5 heteroatoms. The van der Waals surface area contributed by atoms with Crippen LogP contribution in [0.2, 0.25) is 0 Å². The molecular weight excluding hydrogens is 254 g/mol. The van der Waals surface area contributed by atoms with Gasteiger partial charge in [0, 0.05) is 42.5 Å². The van der Waals surface area contributed by atoms with Crippen LogP contribution in [0.5, 0.6) is 5.75 Å². The first kappa shape index (κ1) is 13.7. The van der Waals surface area contributed by atoms with Crippen LogP contribution in [0.15, 0.2) is 12.1 Å². The molecule has 0 spiro atoms. The third kappa shape index (κ3) is 2.75. The lowest BCUT2D eigenvalue weighted by Gasteiger charge is -2.24. The van der Waals surface area contributed by atoms with Crippen molar-refractivity contribution in [2.45, 2.75) is 25.6 Å². The Bertz CT molecular complexity index is 490. The number of likely N-dealkylation sites (N-methyl/N-ethyl adjacent to an activating group) is 1. The van der Waals surface area contributed by atoms with Gasteiger partial charge >= 0.3 is 0 Å². The van der Waals surface area contributed by atoms with E-state index < -0.39 is 0 Å². The highest BCUT2D eigenvalue weighted by molar-refractivity contribution is 5.53. The number of nitrogen functional groups attached to an aromatic ring is 1. The van der Waals surface area contributed by atoms with Gasteiger partial charge in [-0.2, -0.15) is 0 Å². The van der Waals surface area contributed by atoms with E-state index in [9.17, 15) is 0 Å². The molecule has 1 fully saturated rings. The molecule has 3 rings (SSSR count). The van der Waals surface area contributed by atoms with E-state index in [2.05, 4.69) is 23.9 Å². The van der Waals surface area contributed by atoms with Gasteiger partial charge in [0.05, 0.1) is 6.61 Å². The first-order valence-corrected chi connectivity index (χ1v) is 7.14. The third-order valence-corrected chi connectivity index (χ3v) is 4.18. The molecule has 1 aromatic rings. The summed E-state index contributed by atoms with van der Waals surface area (Å²) in [6.45, 7) is 4.06. The summed E-state index contributed by atoms with van der Waals surface area (Å²) in [7, 11) is 4.30. The number of ether oxygens (including phenoxy) is 2. The number of hydrogen-bond acceptors (Lipinski definition) is 5. The minimum atomic E-state index is 0.338. The second kappa shape index (κ2) is 5.60. The Kier molecular flexibility index (Phi) is 3.83. The molecule has 0 radical (unpaired) electrons. The van der Waals surface area contributed by atoms with Gasteiger partial charge in [-0.25, -0.2) is 0 Å². The zero-order chi connectivity index (χ0) is 14.1. The number of rotatable bonds is 3. The molecule has 0 aliphatic carbocycles. The molecule has 2 N–H and O–H groups in total. The van der Waals surface area contributed by atoms with Crippen molar-refractivity contribution in [1.82, 2.24) is 9.80 Å². The van der Waals surface area contributed by atoms with Gasteiger partial charge < -0.3 is 20.1 Å². The summed E-state index contributed by atoms with van der Waals surface area (Å²) in [5.74, 6) is 0.971. The van der Waals surface area contributed by atoms with Gasteiger partial charge in [0.15, 0.2) is 6.79 Å². The van der Waals surface area contributed by atoms with Gasteiger partial charge in [-0.3, -0.25) is 4.90 Å². The maximum atomic E-state index is 5.99. The van der Waals surface area contributed by atoms with Crippen molar-refractivity contribution in [1.29, 1.82) is 0 Å². The quantitative estimate of drug-likeness (QED) is 0.843. The number of anilines is 1. The van der Waals surface area contributed by atoms with Crippen molar-refractivity contribution in [3.8, 4) is 5.75 Å². The zero-order valence-corrected chi connectivity index (χ0v) is 12.3. The molecule has 2 heterocycles. The van der Waals surface area contributed by atoms with Crippen LogP contribution in [0.1, 0.15) is 17.5 Å². The smallest absolute Gasteiger partial charge is 0.189 e. The fourth-order valence-electron chi connectivity index (χ4n) is 3.06. The first-order chi connectivity index (χ1) is 9.63. The molecule has 1 atom stereocenters. The summed E-state index contributed by atoms with van der Waals surface area (Å²) in [6, 6.07) is 4.63. The molecule has 1 unspecified atom stereocenters. The highest BCUT2D eigenvalue weighted by Gasteiger charge is 2.25. The summed E-state index contributed by atoms with van der Waals surface area (Å²) >= 11 is 0. The summed E-state index contributed by atoms with van der Waals surface area (Å²) in [6.07, 6.45) is 1.22. The third-order valence-electron chi connectivity index (χ3n) is 4.18. The van der Waals surface area contributed by atoms with Crippen molar-refractivity contribution in [3.63, 3.8) is 0 Å². The van der Waals surface area contributed by atoms with Gasteiger partial charge in [0.1, 0.15) is 5.75 Å². The highest BCUT2D eigenvalue weighted by Crippen LogP contribution is 2.32. The predicted octanol–water partition coefficient (Wildman–Crippen LogP) is 1.27. The van der Waals surface area contributed by atoms with E-state index in [1.165, 1.54) is 12.0 Å². The molecule has 0 saturated carbocycles. The summed E-state index contributed by atoms with van der Waals surface area (Å²) in [5.41, 5.74) is 9.03. The normalized spacial score (nSPS) is 22.9. The van der Waals surface area contributed by atoms with E-state index >= 15 is 0 Å². The van der Waals surface area contributed by atoms with Crippen LogP contribution in [0.4, 0.5) is 5.69 Å². The van der Waals surface area contributed by atoms with E-state index in [4.69, 9.17) is 15.2 Å². The van der Waals surface area contributed by atoms with Crippen molar-refractivity contribution in [3.05, 3.63) is 23.3 Å². The molecule has 5 nitrogen and oxygen atoms in total. The zero-order valence-electron chi connectivity index (χ0n) is 12.3. The lowest BCUT2D eigenvalue weighted by atomic mass is 10.1. The fourth-order valence-corrected chi connectivity index (χ4v) is 3.06. The number of nitrogens with two attached hydrogens (primary N) is 1. The number of likely N-dealkylation sites (tertiary alicyclic amines) is 1. The maximum absolute atomic E-state index is 5.99. The monoisotopic (exact) mass is 277 g/mol. The summed E-state index contributed by atoms with van der Waals surface area (Å²) in [5, 5.41) is 0. The number of benzene rings is 1. The predicted molar refractivity (Wildman–Crippen MR) is 78.5 cm³/mol. The molecular formula is C15H23N3O2. The average molecular weight is 277 g/mol. The molecule has 0 aromatic heterocycles. The summed E-state index contributed by atoms with van der Waals surface area (Å²) in [4.78, 5) is 4.78. The summed E-state index contributed by atoms with van der Waals surface area (Å²) < 4.78 is 11.0. The minimum absolute atomic E-state index is 0.338. The van der Waals surface area contributed by atoms with Gasteiger partial charge in [-0.15, -0.1) is 0 Å². The highest BCUT2D eigenvalue weighted by atomic mass is 16.7. The van der Waals surface area contributed by atoms with E-state index in [1.54, 1.807) is 0 Å². The molecule has 110 valence electrons. The van der Waals surface area contributed by atoms with E-state index in [-0.39, 0.29) is 0 Å². The molecule has 1 aromatic carbocycles. The van der Waals surface area contributed by atoms with Gasteiger partial charge in [-0.05, 0) is 32.6 Å². The topological polar surface area (TPSA) is 51.0 Å². The van der Waals surface area contributed by atoms with E-state index in [0.29, 0.717) is 19.4 Å². The van der Waals surface area contributed by atoms with Crippen LogP contribution in [0.25, 0.3) is 0 Å². The average Bonchev–Trinajstić information content (AvgIpc) is 2.87. The van der Waals surface area contributed by atoms with Gasteiger partial charge in [-0.1, -0.05) is 0 Å². The largest absolute Gasteiger partial charge is 0.467 e. The lowest BCUT2D eigenvalue weighted by molar-refractivity contribution is -0.0173. The van der Waals surface area contributed by atoms with Crippen molar-refractivity contribution < 1.29 is 9.47 Å². The van der Waals surface area contributed by atoms with Crippen LogP contribution in [0.3, 0.4) is 0 Å². The van der Waals surface area contributed by atoms with Crippen LogP contribution < -0.4 is 10.5 Å². The molecule has 2 aliphatic rings. The van der Waals surface area contributed by atoms with Crippen molar-refractivity contribution >= 4 is 5.69 Å². The molecule has 1 saturated heterocycles. The molecule has 0 amide bonds. The van der Waals surface area contributed by atoms with E-state index in [0.717, 1.165) is 36.6 Å². The number of hydrogen-bond donors (Lipinski definition) is 1. The minimum Gasteiger partial charge on any atom is -0.467 e. The van der Waals surface area contributed by atoms with Crippen LogP contribution in [-0.2, 0) is 17.9 Å². The Hall–Kier alpha value is -1.30. The van der Waals surface area contributed by atoms with Gasteiger partial charge in [0.25, 0.3) is 0 Å². The fraction of sp³-hybridized carbons (Fsp3) is 0.600. The van der Waals surface area contributed by atoms with Crippen LogP contribution >= 0.6 is 0 Å². The SMILES string of the molecule is CN(C)C1CCN(Cc2cc(N)cc3c2OCOC3)C1. The van der Waals surface area contributed by atoms with Crippen molar-refractivity contribution in [2.24, 2.45) is 0 Å². The Morgan fingerprint density at radius 1 is 1.40 bits per heavy atom. The Balaban J connectivity index is 1.76. The second-order valence-electron chi connectivity index (χ2n) is 5.92. The standard InChI is InChI=1S/C15H23N3O2/c1-17(2)14-3-4-18(8-14)7-11-5-13(16)6-12-9-19-10-20-15(11)12/h5-6,14H,3-4,7-10,16H2,1-2H3. The Morgan fingerprint density at radius 2 is 2.25 bits per heavy atom.